The minimum absolute atomic E-state index is 0.131. The van der Waals surface area contributed by atoms with Crippen LogP contribution < -0.4 is 5.32 Å². The number of aliphatic hydroxyl groups excluding tert-OH is 1. The van der Waals surface area contributed by atoms with E-state index in [1.807, 2.05) is 6.92 Å². The maximum Gasteiger partial charge on any atom is 0.0790 e. The first-order chi connectivity index (χ1) is 9.60. The van der Waals surface area contributed by atoms with Gasteiger partial charge in [0.15, 0.2) is 0 Å². The number of hydrogen-bond acceptors (Lipinski definition) is 4. The van der Waals surface area contributed by atoms with Crippen LogP contribution in [0, 0.1) is 5.92 Å². The molecule has 1 rings (SSSR count). The molecule has 0 aromatic heterocycles. The lowest BCUT2D eigenvalue weighted by Gasteiger charge is -2.33. The van der Waals surface area contributed by atoms with Crippen LogP contribution >= 0.6 is 0 Å². The standard InChI is InChI=1S/C17H36N2O2/c1-8-10-18-15-14(12-19(7)11-9-13(2)20)16(3,4)21-17(15,5)6/h13-15,18,20H,8-12H2,1-7H3. The van der Waals surface area contributed by atoms with E-state index in [4.69, 9.17) is 4.74 Å². The summed E-state index contributed by atoms with van der Waals surface area (Å²) in [6.07, 6.45) is 1.73. The van der Waals surface area contributed by atoms with Gasteiger partial charge in [-0.1, -0.05) is 6.92 Å². The fraction of sp³-hybridized carbons (Fsp3) is 1.00. The van der Waals surface area contributed by atoms with Crippen LogP contribution in [0.25, 0.3) is 0 Å². The molecule has 2 N–H and O–H groups in total. The Hall–Kier alpha value is -0.160. The second kappa shape index (κ2) is 7.40. The summed E-state index contributed by atoms with van der Waals surface area (Å²) < 4.78 is 6.35. The van der Waals surface area contributed by atoms with Crippen molar-refractivity contribution in [2.24, 2.45) is 5.92 Å². The number of nitrogens with zero attached hydrogens (tertiary/aromatic N) is 1. The average molecular weight is 300 g/mol. The molecular formula is C17H36N2O2. The molecule has 21 heavy (non-hydrogen) atoms. The third-order valence-electron chi connectivity index (χ3n) is 4.62. The number of hydrogen-bond donors (Lipinski definition) is 2. The van der Waals surface area contributed by atoms with Gasteiger partial charge in [-0.2, -0.15) is 0 Å². The molecule has 0 bridgehead atoms. The molecule has 0 spiro atoms. The van der Waals surface area contributed by atoms with Gasteiger partial charge in [-0.25, -0.2) is 0 Å². The van der Waals surface area contributed by atoms with Crippen LogP contribution in [0.15, 0.2) is 0 Å². The lowest BCUT2D eigenvalue weighted by atomic mass is 9.82. The van der Waals surface area contributed by atoms with E-state index < -0.39 is 0 Å². The number of ether oxygens (including phenoxy) is 1. The first kappa shape index (κ1) is 18.9. The van der Waals surface area contributed by atoms with Gasteiger partial charge < -0.3 is 20.1 Å². The Morgan fingerprint density at radius 2 is 1.86 bits per heavy atom. The Labute approximate surface area is 131 Å². The Kier molecular flexibility index (Phi) is 6.66. The molecule has 1 saturated heterocycles. The molecule has 0 aromatic carbocycles. The Morgan fingerprint density at radius 1 is 1.24 bits per heavy atom. The molecule has 0 aromatic rings. The van der Waals surface area contributed by atoms with Gasteiger partial charge in [0.25, 0.3) is 0 Å². The van der Waals surface area contributed by atoms with Gasteiger partial charge in [0.1, 0.15) is 0 Å². The third-order valence-corrected chi connectivity index (χ3v) is 4.62. The highest BCUT2D eigenvalue weighted by Crippen LogP contribution is 2.42. The second-order valence-corrected chi connectivity index (χ2v) is 7.75. The van der Waals surface area contributed by atoms with Gasteiger partial charge >= 0.3 is 0 Å². The first-order valence-corrected chi connectivity index (χ1v) is 8.40. The van der Waals surface area contributed by atoms with E-state index >= 15 is 0 Å². The fourth-order valence-corrected chi connectivity index (χ4v) is 3.55. The summed E-state index contributed by atoms with van der Waals surface area (Å²) in [5, 5.41) is 13.1. The molecule has 1 aliphatic heterocycles. The van der Waals surface area contributed by atoms with Gasteiger partial charge in [-0.15, -0.1) is 0 Å². The van der Waals surface area contributed by atoms with E-state index in [-0.39, 0.29) is 17.3 Å². The smallest absolute Gasteiger partial charge is 0.0790 e. The van der Waals surface area contributed by atoms with E-state index in [1.54, 1.807) is 0 Å². The van der Waals surface area contributed by atoms with Crippen molar-refractivity contribution in [3.8, 4) is 0 Å². The van der Waals surface area contributed by atoms with Crippen molar-refractivity contribution >= 4 is 0 Å². The quantitative estimate of drug-likeness (QED) is 0.722. The number of nitrogens with one attached hydrogen (secondary N) is 1. The highest BCUT2D eigenvalue weighted by molar-refractivity contribution is 5.06. The molecule has 3 atom stereocenters. The second-order valence-electron chi connectivity index (χ2n) is 7.75. The zero-order chi connectivity index (χ0) is 16.3. The summed E-state index contributed by atoms with van der Waals surface area (Å²) in [5.41, 5.74) is -0.275. The third kappa shape index (κ3) is 5.20. The van der Waals surface area contributed by atoms with Crippen LogP contribution in [-0.4, -0.2) is 60.0 Å². The van der Waals surface area contributed by atoms with Crippen molar-refractivity contribution in [3.05, 3.63) is 0 Å². The van der Waals surface area contributed by atoms with Gasteiger partial charge in [0, 0.05) is 25.0 Å². The van der Waals surface area contributed by atoms with Crippen molar-refractivity contribution in [1.29, 1.82) is 0 Å². The molecule has 3 unspecified atom stereocenters. The van der Waals surface area contributed by atoms with Crippen LogP contribution in [0.4, 0.5) is 0 Å². The van der Waals surface area contributed by atoms with Crippen LogP contribution in [0.1, 0.15) is 54.4 Å². The van der Waals surface area contributed by atoms with Crippen LogP contribution in [0.2, 0.25) is 0 Å². The molecule has 0 amide bonds. The van der Waals surface area contributed by atoms with Gasteiger partial charge in [-0.3, -0.25) is 0 Å². The number of aliphatic hydroxyl groups is 1. The van der Waals surface area contributed by atoms with Gasteiger partial charge in [-0.05, 0) is 61.1 Å². The average Bonchev–Trinajstić information content (AvgIpc) is 2.50. The number of rotatable bonds is 8. The first-order valence-electron chi connectivity index (χ1n) is 8.40. The predicted molar refractivity (Wildman–Crippen MR) is 88.6 cm³/mol. The topological polar surface area (TPSA) is 44.7 Å². The Balaban J connectivity index is 2.73. The molecule has 0 radical (unpaired) electrons. The summed E-state index contributed by atoms with van der Waals surface area (Å²) in [6.45, 7) is 15.8. The van der Waals surface area contributed by atoms with Crippen molar-refractivity contribution in [2.45, 2.75) is 77.7 Å². The summed E-state index contributed by atoms with van der Waals surface area (Å²) >= 11 is 0. The maximum atomic E-state index is 9.45. The lowest BCUT2D eigenvalue weighted by molar-refractivity contribution is -0.0793. The Morgan fingerprint density at radius 3 is 2.38 bits per heavy atom. The highest BCUT2D eigenvalue weighted by Gasteiger charge is 2.53. The summed E-state index contributed by atoms with van der Waals surface area (Å²) in [5.74, 6) is 0.443. The molecule has 0 saturated carbocycles. The Bertz CT molecular complexity index is 316. The molecule has 126 valence electrons. The normalized spacial score (nSPS) is 29.0. The summed E-state index contributed by atoms with van der Waals surface area (Å²) in [7, 11) is 2.14. The fourth-order valence-electron chi connectivity index (χ4n) is 3.55. The van der Waals surface area contributed by atoms with Crippen LogP contribution in [0.3, 0.4) is 0 Å². The molecular weight excluding hydrogens is 264 g/mol. The monoisotopic (exact) mass is 300 g/mol. The van der Waals surface area contributed by atoms with Crippen molar-refractivity contribution in [1.82, 2.24) is 10.2 Å². The highest BCUT2D eigenvalue weighted by atomic mass is 16.5. The van der Waals surface area contributed by atoms with E-state index in [0.717, 1.165) is 32.5 Å². The molecule has 1 heterocycles. The van der Waals surface area contributed by atoms with Crippen molar-refractivity contribution in [3.63, 3.8) is 0 Å². The minimum atomic E-state index is -0.231. The van der Waals surface area contributed by atoms with E-state index in [2.05, 4.69) is 51.9 Å². The van der Waals surface area contributed by atoms with Crippen molar-refractivity contribution in [2.75, 3.05) is 26.7 Å². The van der Waals surface area contributed by atoms with E-state index in [1.165, 1.54) is 0 Å². The molecule has 4 heteroatoms. The largest absolute Gasteiger partial charge is 0.393 e. The zero-order valence-electron chi connectivity index (χ0n) is 15.1. The summed E-state index contributed by atoms with van der Waals surface area (Å²) in [6, 6.07) is 0.362. The van der Waals surface area contributed by atoms with E-state index in [9.17, 15) is 5.11 Å². The predicted octanol–water partition coefficient (Wildman–Crippen LogP) is 2.26. The van der Waals surface area contributed by atoms with Crippen molar-refractivity contribution < 1.29 is 9.84 Å². The summed E-state index contributed by atoms with van der Waals surface area (Å²) in [4.78, 5) is 2.32. The van der Waals surface area contributed by atoms with Gasteiger partial charge in [0.05, 0.1) is 17.3 Å². The van der Waals surface area contributed by atoms with Crippen LogP contribution in [0.5, 0.6) is 0 Å². The molecule has 1 aliphatic rings. The molecule has 1 fully saturated rings. The molecule has 4 nitrogen and oxygen atoms in total. The maximum absolute atomic E-state index is 9.45. The SMILES string of the molecule is CCCNC1C(CN(C)CCC(C)O)C(C)(C)OC1(C)C. The van der Waals surface area contributed by atoms with Gasteiger partial charge in [0.2, 0.25) is 0 Å². The van der Waals surface area contributed by atoms with E-state index in [0.29, 0.717) is 12.0 Å². The molecule has 0 aliphatic carbocycles. The van der Waals surface area contributed by atoms with Crippen LogP contribution in [-0.2, 0) is 4.74 Å². The lowest BCUT2D eigenvalue weighted by Crippen LogP contribution is -2.51. The zero-order valence-corrected chi connectivity index (χ0v) is 15.1. The minimum Gasteiger partial charge on any atom is -0.393 e.